The third kappa shape index (κ3) is 1.98. The Morgan fingerprint density at radius 2 is 1.73 bits per heavy atom. The quantitative estimate of drug-likeness (QED) is 0.532. The number of rotatable bonds is 3. The van der Waals surface area contributed by atoms with E-state index in [4.69, 9.17) is 10.5 Å². The van der Waals surface area contributed by atoms with E-state index in [1.807, 2.05) is 0 Å². The maximum atomic E-state index is 12.5. The Kier molecular flexibility index (Phi) is 3.25. The van der Waals surface area contributed by atoms with Gasteiger partial charge in [-0.25, -0.2) is 0 Å². The van der Waals surface area contributed by atoms with Gasteiger partial charge >= 0.3 is 0 Å². The molecule has 2 aromatic carbocycles. The molecule has 110 valence electrons. The number of hydrogen-bond donors (Lipinski definition) is 1. The minimum absolute atomic E-state index is 0.152. The SMILES string of the molecule is COc1ccc(C(=O)C2C(=O)c3cccc(N)c3C2=O)cc1. The molecule has 1 aliphatic carbocycles. The van der Waals surface area contributed by atoms with Crippen LogP contribution in [0.1, 0.15) is 31.1 Å². The highest BCUT2D eigenvalue weighted by Gasteiger charge is 2.44. The van der Waals surface area contributed by atoms with Crippen LogP contribution in [-0.2, 0) is 0 Å². The molecule has 2 aromatic rings. The molecule has 2 N–H and O–H groups in total. The van der Waals surface area contributed by atoms with Gasteiger partial charge in [0, 0.05) is 16.8 Å². The summed E-state index contributed by atoms with van der Waals surface area (Å²) in [5.41, 5.74) is 6.65. The van der Waals surface area contributed by atoms with E-state index in [0.717, 1.165) is 0 Å². The minimum Gasteiger partial charge on any atom is -0.497 e. The zero-order chi connectivity index (χ0) is 15.9. The van der Waals surface area contributed by atoms with Gasteiger partial charge in [-0.05, 0) is 30.3 Å². The fourth-order valence-corrected chi connectivity index (χ4v) is 2.63. The van der Waals surface area contributed by atoms with Gasteiger partial charge in [0.2, 0.25) is 0 Å². The fraction of sp³-hybridized carbons (Fsp3) is 0.118. The lowest BCUT2D eigenvalue weighted by Crippen LogP contribution is -2.25. The number of fused-ring (bicyclic) bond motifs is 1. The summed E-state index contributed by atoms with van der Waals surface area (Å²) in [6, 6.07) is 11.0. The zero-order valence-electron chi connectivity index (χ0n) is 11.8. The molecule has 0 aromatic heterocycles. The number of anilines is 1. The largest absolute Gasteiger partial charge is 0.497 e. The number of methoxy groups -OCH3 is 1. The third-order valence-corrected chi connectivity index (χ3v) is 3.77. The predicted molar refractivity (Wildman–Crippen MR) is 80.3 cm³/mol. The average molecular weight is 295 g/mol. The number of ether oxygens (including phenoxy) is 1. The number of hydrogen-bond acceptors (Lipinski definition) is 5. The van der Waals surface area contributed by atoms with Crippen molar-refractivity contribution in [3.8, 4) is 5.75 Å². The Morgan fingerprint density at radius 1 is 1.05 bits per heavy atom. The standard InChI is InChI=1S/C17H13NO4/c1-22-10-7-5-9(6-8-10)15(19)14-16(20)11-3-2-4-12(18)13(11)17(14)21/h2-8,14H,18H2,1H3. The van der Waals surface area contributed by atoms with Crippen LogP contribution in [0.4, 0.5) is 5.69 Å². The van der Waals surface area contributed by atoms with Crippen LogP contribution in [0.2, 0.25) is 0 Å². The van der Waals surface area contributed by atoms with E-state index in [9.17, 15) is 14.4 Å². The highest BCUT2D eigenvalue weighted by Crippen LogP contribution is 2.33. The summed E-state index contributed by atoms with van der Waals surface area (Å²) in [7, 11) is 1.51. The number of ketones is 3. The molecule has 1 unspecified atom stereocenters. The van der Waals surface area contributed by atoms with Crippen molar-refractivity contribution in [2.45, 2.75) is 0 Å². The molecule has 0 aliphatic heterocycles. The number of carbonyl (C=O) groups excluding carboxylic acids is 3. The Labute approximate surface area is 126 Å². The number of benzene rings is 2. The normalized spacial score (nSPS) is 16.5. The molecular weight excluding hydrogens is 282 g/mol. The smallest absolute Gasteiger partial charge is 0.184 e. The second-order valence-corrected chi connectivity index (χ2v) is 5.02. The monoisotopic (exact) mass is 295 g/mol. The summed E-state index contributed by atoms with van der Waals surface area (Å²) in [4.78, 5) is 37.3. The lowest BCUT2D eigenvalue weighted by molar-refractivity contribution is 0.0757. The van der Waals surface area contributed by atoms with Crippen molar-refractivity contribution in [1.82, 2.24) is 0 Å². The van der Waals surface area contributed by atoms with Crippen LogP contribution in [-0.4, -0.2) is 24.5 Å². The van der Waals surface area contributed by atoms with Crippen LogP contribution in [0, 0.1) is 5.92 Å². The molecule has 5 heteroatoms. The molecule has 3 rings (SSSR count). The van der Waals surface area contributed by atoms with Gasteiger partial charge in [0.15, 0.2) is 17.3 Å². The lowest BCUT2D eigenvalue weighted by atomic mass is 9.93. The first-order chi connectivity index (χ1) is 10.5. The van der Waals surface area contributed by atoms with Gasteiger partial charge in [-0.2, -0.15) is 0 Å². The summed E-state index contributed by atoms with van der Waals surface area (Å²) >= 11 is 0. The zero-order valence-corrected chi connectivity index (χ0v) is 11.8. The third-order valence-electron chi connectivity index (χ3n) is 3.77. The van der Waals surface area contributed by atoms with Crippen molar-refractivity contribution in [2.24, 2.45) is 5.92 Å². The van der Waals surface area contributed by atoms with Gasteiger partial charge in [-0.15, -0.1) is 0 Å². The summed E-state index contributed by atoms with van der Waals surface area (Å²) in [5, 5.41) is 0. The first kappa shape index (κ1) is 14.0. The number of carbonyl (C=O) groups is 3. The average Bonchev–Trinajstić information content (AvgIpc) is 2.79. The Balaban J connectivity index is 1.99. The Bertz CT molecular complexity index is 793. The predicted octanol–water partition coefficient (Wildman–Crippen LogP) is 2.16. The lowest BCUT2D eigenvalue weighted by Gasteiger charge is -2.07. The summed E-state index contributed by atoms with van der Waals surface area (Å²) in [6.45, 7) is 0. The van der Waals surface area contributed by atoms with Crippen LogP contribution >= 0.6 is 0 Å². The van der Waals surface area contributed by atoms with Gasteiger partial charge in [-0.1, -0.05) is 12.1 Å². The minimum atomic E-state index is -1.34. The fourth-order valence-electron chi connectivity index (χ4n) is 2.63. The van der Waals surface area contributed by atoms with Gasteiger partial charge in [-0.3, -0.25) is 14.4 Å². The van der Waals surface area contributed by atoms with Gasteiger partial charge in [0.1, 0.15) is 11.7 Å². The highest BCUT2D eigenvalue weighted by molar-refractivity contribution is 6.39. The van der Waals surface area contributed by atoms with Crippen molar-refractivity contribution < 1.29 is 19.1 Å². The molecule has 0 bridgehead atoms. The molecule has 1 atom stereocenters. The molecule has 0 spiro atoms. The molecule has 0 saturated heterocycles. The van der Waals surface area contributed by atoms with E-state index in [2.05, 4.69) is 0 Å². The van der Waals surface area contributed by atoms with E-state index >= 15 is 0 Å². The van der Waals surface area contributed by atoms with Crippen LogP contribution in [0.15, 0.2) is 42.5 Å². The van der Waals surface area contributed by atoms with Crippen molar-refractivity contribution in [3.63, 3.8) is 0 Å². The molecule has 0 amide bonds. The van der Waals surface area contributed by atoms with Gasteiger partial charge < -0.3 is 10.5 Å². The molecule has 5 nitrogen and oxygen atoms in total. The molecule has 0 heterocycles. The van der Waals surface area contributed by atoms with Crippen molar-refractivity contribution >= 4 is 23.0 Å². The van der Waals surface area contributed by atoms with E-state index in [-0.39, 0.29) is 16.8 Å². The van der Waals surface area contributed by atoms with Crippen molar-refractivity contribution in [1.29, 1.82) is 0 Å². The second-order valence-electron chi connectivity index (χ2n) is 5.02. The number of Topliss-reactive ketones (excluding diaryl/α,β-unsaturated/α-hetero) is 3. The first-order valence-corrected chi connectivity index (χ1v) is 6.69. The topological polar surface area (TPSA) is 86.5 Å². The van der Waals surface area contributed by atoms with Crippen LogP contribution in [0.25, 0.3) is 0 Å². The van der Waals surface area contributed by atoms with E-state index < -0.39 is 23.3 Å². The van der Waals surface area contributed by atoms with Gasteiger partial charge in [0.05, 0.1) is 12.7 Å². The molecule has 0 fully saturated rings. The van der Waals surface area contributed by atoms with Crippen LogP contribution < -0.4 is 10.5 Å². The van der Waals surface area contributed by atoms with E-state index in [1.165, 1.54) is 25.3 Å². The number of nitrogens with two attached hydrogens (primary N) is 1. The molecule has 22 heavy (non-hydrogen) atoms. The van der Waals surface area contributed by atoms with Crippen molar-refractivity contribution in [3.05, 3.63) is 59.2 Å². The van der Waals surface area contributed by atoms with E-state index in [0.29, 0.717) is 11.3 Å². The molecular formula is C17H13NO4. The second kappa shape index (κ2) is 5.11. The Hall–Kier alpha value is -2.95. The maximum Gasteiger partial charge on any atom is 0.184 e. The molecule has 1 aliphatic rings. The summed E-state index contributed by atoms with van der Waals surface area (Å²) in [6.07, 6.45) is 0. The first-order valence-electron chi connectivity index (χ1n) is 6.69. The highest BCUT2D eigenvalue weighted by atomic mass is 16.5. The van der Waals surface area contributed by atoms with Crippen LogP contribution in [0.5, 0.6) is 5.75 Å². The summed E-state index contributed by atoms with van der Waals surface area (Å²) < 4.78 is 5.02. The summed E-state index contributed by atoms with van der Waals surface area (Å²) in [5.74, 6) is -2.29. The Morgan fingerprint density at radius 3 is 2.32 bits per heavy atom. The molecule has 0 saturated carbocycles. The van der Waals surface area contributed by atoms with Gasteiger partial charge in [0.25, 0.3) is 0 Å². The van der Waals surface area contributed by atoms with Crippen molar-refractivity contribution in [2.75, 3.05) is 12.8 Å². The van der Waals surface area contributed by atoms with E-state index in [1.54, 1.807) is 24.3 Å². The maximum absolute atomic E-state index is 12.5. The molecule has 0 radical (unpaired) electrons. The number of nitrogen functional groups attached to an aromatic ring is 1. The van der Waals surface area contributed by atoms with Crippen LogP contribution in [0.3, 0.4) is 0 Å².